The Labute approximate surface area is 95.3 Å². The van der Waals surface area contributed by atoms with E-state index in [9.17, 15) is 0 Å². The molecule has 0 aromatic heterocycles. The van der Waals surface area contributed by atoms with E-state index in [0.717, 1.165) is 0 Å². The van der Waals surface area contributed by atoms with Gasteiger partial charge in [0.2, 0.25) is 0 Å². The molecule has 2 rings (SSSR count). The van der Waals surface area contributed by atoms with Gasteiger partial charge < -0.3 is 0 Å². The first kappa shape index (κ1) is 14.8. The SMILES string of the molecule is C=C.[CH]1C=CC=C1.[Pt].c1cc[cH-]c1. The standard InChI is InChI=1S/2C5H5.C2H4.Pt/c2*1-2-4-5-3-1;1-2;/h2*1-5H;1-2H2;/q;-1;;. The van der Waals surface area contributed by atoms with Gasteiger partial charge in [-0.05, 0) is 0 Å². The van der Waals surface area contributed by atoms with Crippen molar-refractivity contribution in [1.29, 1.82) is 0 Å². The average Bonchev–Trinajstić information content (AvgIpc) is 2.87. The summed E-state index contributed by atoms with van der Waals surface area (Å²) in [6.45, 7) is 6.00. The third-order valence-electron chi connectivity index (χ3n) is 1.11. The van der Waals surface area contributed by atoms with E-state index in [1.54, 1.807) is 0 Å². The summed E-state index contributed by atoms with van der Waals surface area (Å²) in [5.74, 6) is 0. The van der Waals surface area contributed by atoms with E-state index in [1.165, 1.54) is 0 Å². The van der Waals surface area contributed by atoms with E-state index < -0.39 is 0 Å². The molecule has 0 nitrogen and oxygen atoms in total. The van der Waals surface area contributed by atoms with Crippen LogP contribution in [0.2, 0.25) is 0 Å². The molecular weight excluding hydrogens is 339 g/mol. The number of hydrogen-bond acceptors (Lipinski definition) is 0. The van der Waals surface area contributed by atoms with Gasteiger partial charge in [0.15, 0.2) is 0 Å². The van der Waals surface area contributed by atoms with Crippen molar-refractivity contribution < 1.29 is 21.1 Å². The van der Waals surface area contributed by atoms with Crippen molar-refractivity contribution in [3.63, 3.8) is 0 Å². The maximum absolute atomic E-state index is 3.00. The molecule has 0 fully saturated rings. The Balaban J connectivity index is 0. The summed E-state index contributed by atoms with van der Waals surface area (Å²) in [4.78, 5) is 0. The fraction of sp³-hybridized carbons (Fsp3) is 0. The summed E-state index contributed by atoms with van der Waals surface area (Å²) in [6, 6.07) is 10.0. The minimum absolute atomic E-state index is 0. The minimum atomic E-state index is 0. The second-order valence-corrected chi connectivity index (χ2v) is 1.92. The summed E-state index contributed by atoms with van der Waals surface area (Å²) < 4.78 is 0. The van der Waals surface area contributed by atoms with Crippen LogP contribution in [0.15, 0.2) is 67.8 Å². The Bertz CT molecular complexity index is 180. The molecule has 13 heavy (non-hydrogen) atoms. The molecule has 0 atom stereocenters. The van der Waals surface area contributed by atoms with Crippen molar-refractivity contribution in [2.24, 2.45) is 0 Å². The van der Waals surface area contributed by atoms with Crippen molar-refractivity contribution in [3.05, 3.63) is 74.2 Å². The van der Waals surface area contributed by atoms with Gasteiger partial charge in [0.1, 0.15) is 0 Å². The van der Waals surface area contributed by atoms with E-state index in [-0.39, 0.29) is 21.1 Å². The van der Waals surface area contributed by atoms with Crippen molar-refractivity contribution in [1.82, 2.24) is 0 Å². The molecule has 0 unspecified atom stereocenters. The third-order valence-corrected chi connectivity index (χ3v) is 1.11. The van der Waals surface area contributed by atoms with Crippen molar-refractivity contribution in [2.45, 2.75) is 0 Å². The van der Waals surface area contributed by atoms with Crippen LogP contribution in [0.4, 0.5) is 0 Å². The van der Waals surface area contributed by atoms with Crippen LogP contribution in [-0.4, -0.2) is 0 Å². The van der Waals surface area contributed by atoms with Crippen molar-refractivity contribution in [3.8, 4) is 0 Å². The summed E-state index contributed by atoms with van der Waals surface area (Å²) in [6.07, 6.45) is 10.0. The molecule has 1 aromatic rings. The maximum atomic E-state index is 3.00. The average molecular weight is 353 g/mol. The molecule has 0 N–H and O–H groups in total. The minimum Gasteiger partial charge on any atom is -0.214 e. The van der Waals surface area contributed by atoms with Crippen LogP contribution in [0.1, 0.15) is 0 Å². The van der Waals surface area contributed by atoms with Crippen molar-refractivity contribution in [2.75, 3.05) is 0 Å². The van der Waals surface area contributed by atoms with Crippen LogP contribution >= 0.6 is 0 Å². The molecule has 0 saturated heterocycles. The zero-order valence-corrected chi connectivity index (χ0v) is 9.78. The Kier molecular flexibility index (Phi) is 15.7. The number of hydrogen-bond donors (Lipinski definition) is 0. The van der Waals surface area contributed by atoms with Crippen LogP contribution in [0.3, 0.4) is 0 Å². The van der Waals surface area contributed by atoms with Gasteiger partial charge in [-0.1, -0.05) is 24.3 Å². The smallest absolute Gasteiger partial charge is 0.00506 e. The van der Waals surface area contributed by atoms with Gasteiger partial charge in [0.05, 0.1) is 0 Å². The molecule has 0 bridgehead atoms. The van der Waals surface area contributed by atoms with Gasteiger partial charge in [0, 0.05) is 27.5 Å². The van der Waals surface area contributed by atoms with Crippen LogP contribution < -0.4 is 0 Å². The molecule has 1 heteroatoms. The molecule has 1 aliphatic carbocycles. The normalized spacial score (nSPS) is 10.2. The largest absolute Gasteiger partial charge is 0.214 e. The fourth-order valence-corrected chi connectivity index (χ4v) is 0.642. The van der Waals surface area contributed by atoms with E-state index in [0.29, 0.717) is 0 Å². The summed E-state index contributed by atoms with van der Waals surface area (Å²) >= 11 is 0. The number of allylic oxidation sites excluding steroid dienone is 4. The molecule has 0 spiro atoms. The van der Waals surface area contributed by atoms with E-state index in [2.05, 4.69) is 13.2 Å². The first-order valence-electron chi connectivity index (χ1n) is 3.83. The first-order valence-corrected chi connectivity index (χ1v) is 3.83. The van der Waals surface area contributed by atoms with Gasteiger partial charge in [-0.2, -0.15) is 18.2 Å². The molecule has 0 amide bonds. The van der Waals surface area contributed by atoms with Crippen LogP contribution in [-0.2, 0) is 21.1 Å². The summed E-state index contributed by atoms with van der Waals surface area (Å²) in [5.41, 5.74) is 0. The van der Waals surface area contributed by atoms with E-state index in [4.69, 9.17) is 0 Å². The molecule has 1 radical (unpaired) electrons. The van der Waals surface area contributed by atoms with Crippen LogP contribution in [0.25, 0.3) is 0 Å². The summed E-state index contributed by atoms with van der Waals surface area (Å²) in [7, 11) is 0. The summed E-state index contributed by atoms with van der Waals surface area (Å²) in [5, 5.41) is 0. The van der Waals surface area contributed by atoms with Crippen LogP contribution in [0.5, 0.6) is 0 Å². The topological polar surface area (TPSA) is 0 Å². The van der Waals surface area contributed by atoms with Gasteiger partial charge >= 0.3 is 0 Å². The molecular formula is C12H14Pt-. The Hall–Kier alpha value is -0.742. The number of rotatable bonds is 0. The molecule has 0 heterocycles. The third kappa shape index (κ3) is 11.3. The second kappa shape index (κ2) is 13.8. The molecule has 1 aliphatic rings. The monoisotopic (exact) mass is 353 g/mol. The molecule has 1 aromatic carbocycles. The van der Waals surface area contributed by atoms with Gasteiger partial charge in [0.25, 0.3) is 0 Å². The predicted molar refractivity (Wildman–Crippen MR) is 55.9 cm³/mol. The van der Waals surface area contributed by atoms with E-state index in [1.807, 2.05) is 61.1 Å². The zero-order valence-electron chi connectivity index (χ0n) is 7.50. The van der Waals surface area contributed by atoms with Gasteiger partial charge in [-0.15, -0.1) is 13.2 Å². The predicted octanol–water partition coefficient (Wildman–Crippen LogP) is 3.52. The molecule has 0 aliphatic heterocycles. The second-order valence-electron chi connectivity index (χ2n) is 1.92. The fourth-order valence-electron chi connectivity index (χ4n) is 0.642. The van der Waals surface area contributed by atoms with Gasteiger partial charge in [-0.3, -0.25) is 0 Å². The molecule has 73 valence electrons. The first-order chi connectivity index (χ1) is 6.00. The Morgan fingerprint density at radius 2 is 1.23 bits per heavy atom. The van der Waals surface area contributed by atoms with Gasteiger partial charge in [-0.25, -0.2) is 12.1 Å². The molecule has 0 saturated carbocycles. The van der Waals surface area contributed by atoms with Crippen LogP contribution in [0, 0.1) is 6.42 Å². The quantitative estimate of drug-likeness (QED) is 0.495. The maximum Gasteiger partial charge on any atom is 0.00506 e. The van der Waals surface area contributed by atoms with E-state index >= 15 is 0 Å². The zero-order chi connectivity index (χ0) is 9.07. The Morgan fingerprint density at radius 3 is 1.38 bits per heavy atom. The Morgan fingerprint density at radius 1 is 0.769 bits per heavy atom. The van der Waals surface area contributed by atoms with Crippen molar-refractivity contribution >= 4 is 0 Å².